The van der Waals surface area contributed by atoms with Crippen molar-refractivity contribution >= 4 is 34.7 Å². The number of carbonyl (C=O) groups excluding carboxylic acids is 3. The number of amides is 3. The fourth-order valence-electron chi connectivity index (χ4n) is 3.63. The molecule has 3 amide bonds. The Morgan fingerprint density at radius 2 is 1.77 bits per heavy atom. The molecule has 4 rings (SSSR count). The summed E-state index contributed by atoms with van der Waals surface area (Å²) in [6.07, 6.45) is 0. The largest absolute Gasteiger partial charge is 0.466 e. The van der Waals surface area contributed by atoms with E-state index in [1.165, 1.54) is 6.07 Å². The summed E-state index contributed by atoms with van der Waals surface area (Å²) in [5.41, 5.74) is 4.47. The first-order chi connectivity index (χ1) is 16.6. The lowest BCUT2D eigenvalue weighted by atomic mass is 10.1. The Hall–Kier alpha value is -4.47. The van der Waals surface area contributed by atoms with Gasteiger partial charge in [-0.3, -0.25) is 10.1 Å². The van der Waals surface area contributed by atoms with E-state index in [9.17, 15) is 14.4 Å². The molecule has 1 aromatic carbocycles. The SMILES string of the molecule is Cc1cc(-c2cc(C(=O)OCC(=O)NC(=O)Nc3ccc(C)c(C)c3)c3c(C)noc3n2)c(C)o1. The number of hydrogen-bond acceptors (Lipinski definition) is 8. The Bertz CT molecular complexity index is 1470. The van der Waals surface area contributed by atoms with E-state index in [1.54, 1.807) is 39.0 Å². The van der Waals surface area contributed by atoms with Crippen LogP contribution in [-0.2, 0) is 9.53 Å². The maximum Gasteiger partial charge on any atom is 0.339 e. The molecule has 3 heterocycles. The Morgan fingerprint density at radius 1 is 1.00 bits per heavy atom. The molecule has 0 spiro atoms. The maximum absolute atomic E-state index is 12.9. The third-order valence-corrected chi connectivity index (χ3v) is 5.51. The maximum atomic E-state index is 12.9. The van der Waals surface area contributed by atoms with Crippen LogP contribution in [0, 0.1) is 34.6 Å². The van der Waals surface area contributed by atoms with Gasteiger partial charge in [0.25, 0.3) is 11.6 Å². The zero-order valence-electron chi connectivity index (χ0n) is 19.9. The number of hydrogen-bond donors (Lipinski definition) is 2. The van der Waals surface area contributed by atoms with Gasteiger partial charge in [0.05, 0.1) is 22.3 Å². The van der Waals surface area contributed by atoms with Crippen LogP contribution < -0.4 is 10.6 Å². The molecule has 0 aliphatic heterocycles. The Kier molecular flexibility index (Phi) is 6.37. The van der Waals surface area contributed by atoms with Crippen LogP contribution in [0.1, 0.15) is 38.7 Å². The Morgan fingerprint density at radius 3 is 2.46 bits per heavy atom. The number of nitrogens with one attached hydrogen (secondary N) is 2. The minimum atomic E-state index is -0.785. The average molecular weight is 476 g/mol. The third-order valence-electron chi connectivity index (χ3n) is 5.51. The lowest BCUT2D eigenvalue weighted by molar-refractivity contribution is -0.123. The molecule has 10 nitrogen and oxygen atoms in total. The van der Waals surface area contributed by atoms with Crippen LogP contribution in [0.2, 0.25) is 0 Å². The van der Waals surface area contributed by atoms with Crippen molar-refractivity contribution in [1.82, 2.24) is 15.5 Å². The normalized spacial score (nSPS) is 10.9. The zero-order valence-corrected chi connectivity index (χ0v) is 19.9. The Balaban J connectivity index is 1.47. The second-order valence-electron chi connectivity index (χ2n) is 8.21. The predicted molar refractivity (Wildman–Crippen MR) is 127 cm³/mol. The highest BCUT2D eigenvalue weighted by atomic mass is 16.5. The number of rotatable bonds is 5. The number of pyridine rings is 1. The molecule has 0 aliphatic carbocycles. The van der Waals surface area contributed by atoms with Crippen LogP contribution in [0.15, 0.2) is 39.3 Å². The van der Waals surface area contributed by atoms with E-state index in [0.29, 0.717) is 39.5 Å². The van der Waals surface area contributed by atoms with Crippen LogP contribution in [-0.4, -0.2) is 34.7 Å². The van der Waals surface area contributed by atoms with Crippen LogP contribution in [0.25, 0.3) is 22.4 Å². The number of ether oxygens (including phenoxy) is 1. The van der Waals surface area contributed by atoms with Gasteiger partial charge in [-0.1, -0.05) is 11.2 Å². The minimum Gasteiger partial charge on any atom is -0.466 e. The molecule has 0 bridgehead atoms. The van der Waals surface area contributed by atoms with Crippen molar-refractivity contribution in [3.8, 4) is 11.3 Å². The predicted octanol–water partition coefficient (Wildman–Crippen LogP) is 4.53. The fraction of sp³-hybridized carbons (Fsp3) is 0.240. The average Bonchev–Trinajstić information content (AvgIpc) is 3.34. The van der Waals surface area contributed by atoms with Gasteiger partial charge < -0.3 is 19.0 Å². The summed E-state index contributed by atoms with van der Waals surface area (Å²) in [4.78, 5) is 41.7. The van der Waals surface area contributed by atoms with Crippen LogP contribution in [0.4, 0.5) is 10.5 Å². The number of urea groups is 1. The zero-order chi connectivity index (χ0) is 25.3. The number of aryl methyl sites for hydroxylation is 5. The molecule has 0 saturated carbocycles. The van der Waals surface area contributed by atoms with Crippen molar-refractivity contribution in [2.45, 2.75) is 34.6 Å². The lowest BCUT2D eigenvalue weighted by Crippen LogP contribution is -2.37. The molecule has 0 unspecified atom stereocenters. The van der Waals surface area contributed by atoms with Gasteiger partial charge in [0.2, 0.25) is 0 Å². The molecule has 2 N–H and O–H groups in total. The Labute approximate surface area is 200 Å². The van der Waals surface area contributed by atoms with Gasteiger partial charge in [0.15, 0.2) is 6.61 Å². The molecular formula is C25H24N4O6. The summed E-state index contributed by atoms with van der Waals surface area (Å²) in [5, 5.41) is 8.98. The number of anilines is 1. The molecule has 4 aromatic rings. The highest BCUT2D eigenvalue weighted by molar-refractivity contribution is 6.06. The van der Waals surface area contributed by atoms with Gasteiger partial charge >= 0.3 is 12.0 Å². The molecule has 3 aromatic heterocycles. The summed E-state index contributed by atoms with van der Waals surface area (Å²) >= 11 is 0. The van der Waals surface area contributed by atoms with Crippen molar-refractivity contribution in [1.29, 1.82) is 0 Å². The molecule has 10 heteroatoms. The summed E-state index contributed by atoms with van der Waals surface area (Å²) in [6.45, 7) is 8.46. The van der Waals surface area contributed by atoms with E-state index < -0.39 is 24.5 Å². The second-order valence-corrected chi connectivity index (χ2v) is 8.21. The minimum absolute atomic E-state index is 0.134. The van der Waals surface area contributed by atoms with Gasteiger partial charge in [-0.2, -0.15) is 0 Å². The molecule has 0 fully saturated rings. The quantitative estimate of drug-likeness (QED) is 0.401. The van der Waals surface area contributed by atoms with Crippen molar-refractivity contribution in [2.24, 2.45) is 0 Å². The van der Waals surface area contributed by atoms with Crippen molar-refractivity contribution < 1.29 is 28.1 Å². The standard InChI is InChI=1S/C25H24N4O6/c1-12-6-7-17(8-13(12)2)26-25(32)28-21(30)11-33-24(31)19-10-20(18-9-14(3)34-16(18)5)27-23-22(19)15(4)29-35-23/h6-10H,11H2,1-5H3,(H2,26,28,30,32). The topological polar surface area (TPSA) is 137 Å². The van der Waals surface area contributed by atoms with E-state index >= 15 is 0 Å². The van der Waals surface area contributed by atoms with Crippen LogP contribution in [0.5, 0.6) is 0 Å². The van der Waals surface area contributed by atoms with Gasteiger partial charge in [0.1, 0.15) is 11.5 Å². The smallest absolute Gasteiger partial charge is 0.339 e. The number of imide groups is 1. The number of furan rings is 1. The first-order valence-electron chi connectivity index (χ1n) is 10.8. The number of carbonyl (C=O) groups is 3. The van der Waals surface area contributed by atoms with Gasteiger partial charge in [-0.15, -0.1) is 0 Å². The van der Waals surface area contributed by atoms with E-state index in [2.05, 4.69) is 20.8 Å². The number of fused-ring (bicyclic) bond motifs is 1. The van der Waals surface area contributed by atoms with E-state index in [-0.39, 0.29) is 11.3 Å². The monoisotopic (exact) mass is 476 g/mol. The van der Waals surface area contributed by atoms with E-state index in [1.807, 2.05) is 19.9 Å². The van der Waals surface area contributed by atoms with Gasteiger partial charge in [0, 0.05) is 11.3 Å². The van der Waals surface area contributed by atoms with Gasteiger partial charge in [-0.25, -0.2) is 14.6 Å². The van der Waals surface area contributed by atoms with E-state index in [0.717, 1.165) is 11.1 Å². The summed E-state index contributed by atoms with van der Waals surface area (Å²) in [5.74, 6) is -0.256. The lowest BCUT2D eigenvalue weighted by Gasteiger charge is -2.09. The molecule has 0 aliphatic rings. The van der Waals surface area contributed by atoms with Crippen LogP contribution >= 0.6 is 0 Å². The van der Waals surface area contributed by atoms with Crippen molar-refractivity contribution in [3.63, 3.8) is 0 Å². The van der Waals surface area contributed by atoms with Crippen molar-refractivity contribution in [2.75, 3.05) is 11.9 Å². The summed E-state index contributed by atoms with van der Waals surface area (Å²) < 4.78 is 16.0. The fourth-order valence-corrected chi connectivity index (χ4v) is 3.63. The number of benzene rings is 1. The molecule has 0 radical (unpaired) electrons. The number of nitrogens with zero attached hydrogens (tertiary/aromatic N) is 2. The molecule has 0 atom stereocenters. The third kappa shape index (κ3) is 5.06. The molecule has 180 valence electrons. The number of aromatic nitrogens is 2. The highest BCUT2D eigenvalue weighted by Crippen LogP contribution is 2.30. The summed E-state index contributed by atoms with van der Waals surface area (Å²) in [7, 11) is 0. The number of esters is 1. The second kappa shape index (κ2) is 9.41. The summed E-state index contributed by atoms with van der Waals surface area (Å²) in [6, 6.07) is 7.97. The molecule has 0 saturated heterocycles. The van der Waals surface area contributed by atoms with E-state index in [4.69, 9.17) is 13.7 Å². The highest BCUT2D eigenvalue weighted by Gasteiger charge is 2.23. The first-order valence-corrected chi connectivity index (χ1v) is 10.8. The first kappa shape index (κ1) is 23.7. The molecular weight excluding hydrogens is 452 g/mol. The molecule has 35 heavy (non-hydrogen) atoms. The van der Waals surface area contributed by atoms with Crippen LogP contribution in [0.3, 0.4) is 0 Å². The van der Waals surface area contributed by atoms with Gasteiger partial charge in [-0.05, 0) is 70.0 Å². The van der Waals surface area contributed by atoms with Crippen molar-refractivity contribution in [3.05, 3.63) is 64.2 Å².